The first-order valence-corrected chi connectivity index (χ1v) is 15.4. The summed E-state index contributed by atoms with van der Waals surface area (Å²) < 4.78 is 6.68. The Bertz CT molecular complexity index is 1950. The van der Waals surface area contributed by atoms with E-state index in [1.165, 1.54) is 21.2 Å². The van der Waals surface area contributed by atoms with Crippen molar-refractivity contribution in [3.05, 3.63) is 117 Å². The molecule has 0 saturated carbocycles. The topological polar surface area (TPSA) is 97.7 Å². The van der Waals surface area contributed by atoms with E-state index in [9.17, 15) is 19.2 Å². The van der Waals surface area contributed by atoms with Gasteiger partial charge in [-0.1, -0.05) is 89.8 Å². The number of nitrogens with one attached hydrogen (secondary N) is 1. The number of carbonyl (C=O) groups is 3. The maximum absolute atomic E-state index is 14.0. The average molecular weight is 608 g/mol. The van der Waals surface area contributed by atoms with Gasteiger partial charge in [0.1, 0.15) is 17.5 Å². The largest absolute Gasteiger partial charge is 0.497 e. The molecule has 3 heterocycles. The number of carbonyl (C=O) groups excluding carboxylic acids is 3. The summed E-state index contributed by atoms with van der Waals surface area (Å²) in [5.41, 5.74) is 1.96. The molecule has 2 aliphatic rings. The van der Waals surface area contributed by atoms with E-state index in [0.29, 0.717) is 27.0 Å². The molecule has 1 aromatic heterocycles. The smallest absolute Gasteiger partial charge is 0.308 e. The van der Waals surface area contributed by atoms with Crippen LogP contribution in [0, 0.1) is 5.92 Å². The number of hydrogen-bond donors (Lipinski definition) is 1. The predicted octanol–water partition coefficient (Wildman–Crippen LogP) is 5.51. The highest BCUT2D eigenvalue weighted by molar-refractivity contribution is 8.00. The van der Waals surface area contributed by atoms with Crippen LogP contribution in [0.15, 0.2) is 107 Å². The van der Waals surface area contributed by atoms with E-state index < -0.39 is 17.1 Å². The number of nitrogens with zero attached hydrogens (tertiary/aromatic N) is 2. The van der Waals surface area contributed by atoms with Gasteiger partial charge in [-0.3, -0.25) is 23.7 Å². The van der Waals surface area contributed by atoms with E-state index in [1.54, 1.807) is 31.4 Å². The van der Waals surface area contributed by atoms with Crippen molar-refractivity contribution < 1.29 is 19.1 Å². The molecule has 2 unspecified atom stereocenters. The monoisotopic (exact) mass is 607 g/mol. The number of fused-ring (bicyclic) bond motifs is 3. The lowest BCUT2D eigenvalue weighted by atomic mass is 9.83. The summed E-state index contributed by atoms with van der Waals surface area (Å²) in [4.78, 5) is 56.2. The second-order valence-electron chi connectivity index (χ2n) is 10.4. The van der Waals surface area contributed by atoms with Crippen LogP contribution in [0.25, 0.3) is 10.8 Å². The number of imide groups is 1. The molecule has 8 nitrogen and oxygen atoms in total. The van der Waals surface area contributed by atoms with Gasteiger partial charge in [-0.05, 0) is 41.3 Å². The predicted molar refractivity (Wildman–Crippen MR) is 168 cm³/mol. The number of thioether (sulfide) groups is 1. The van der Waals surface area contributed by atoms with Crippen LogP contribution in [-0.4, -0.2) is 34.6 Å². The number of methoxy groups -OCH3 is 1. The highest BCUT2D eigenvalue weighted by atomic mass is 32.2. The number of ether oxygens (including phenoxy) is 1. The zero-order valence-corrected chi connectivity index (χ0v) is 24.6. The van der Waals surface area contributed by atoms with Crippen LogP contribution in [0.2, 0.25) is 0 Å². The highest BCUT2D eigenvalue weighted by Gasteiger charge is 2.56. The molecule has 10 heteroatoms. The van der Waals surface area contributed by atoms with Crippen molar-refractivity contribution in [2.45, 2.75) is 22.7 Å². The molecule has 0 radical (unpaired) electrons. The van der Waals surface area contributed by atoms with Crippen LogP contribution in [0.5, 0.6) is 5.75 Å². The molecule has 0 spiro atoms. The minimum atomic E-state index is -0.756. The summed E-state index contributed by atoms with van der Waals surface area (Å²) >= 11 is 2.23. The number of hydrogen-bond acceptors (Lipinski definition) is 7. The van der Waals surface area contributed by atoms with E-state index in [-0.39, 0.29) is 29.1 Å². The summed E-state index contributed by atoms with van der Waals surface area (Å²) in [6.45, 7) is -0.218. The van der Waals surface area contributed by atoms with Gasteiger partial charge in [0, 0.05) is 21.9 Å². The second-order valence-corrected chi connectivity index (χ2v) is 12.5. The van der Waals surface area contributed by atoms with Crippen LogP contribution in [0.3, 0.4) is 0 Å². The SMILES string of the molecule is COc1ccc(N2C(=O)C3Sc4c(sc(=O)n4CC(=O)Nc4cccc5ccccc45)[C@H](c4ccccc4)C3C2=O)cc1. The Labute approximate surface area is 254 Å². The fraction of sp³-hybridized carbons (Fsp3) is 0.152. The summed E-state index contributed by atoms with van der Waals surface area (Å²) in [5.74, 6) is -1.61. The van der Waals surface area contributed by atoms with Crippen molar-refractivity contribution in [3.63, 3.8) is 0 Å². The second kappa shape index (κ2) is 10.9. The van der Waals surface area contributed by atoms with Crippen molar-refractivity contribution in [2.75, 3.05) is 17.3 Å². The van der Waals surface area contributed by atoms with Crippen LogP contribution in [0.1, 0.15) is 16.4 Å². The molecule has 214 valence electrons. The molecule has 1 saturated heterocycles. The number of benzene rings is 4. The van der Waals surface area contributed by atoms with E-state index in [1.807, 2.05) is 72.8 Å². The van der Waals surface area contributed by atoms with Gasteiger partial charge in [0.15, 0.2) is 0 Å². The molecule has 3 atom stereocenters. The minimum absolute atomic E-state index is 0.218. The fourth-order valence-corrected chi connectivity index (χ4v) is 8.70. The van der Waals surface area contributed by atoms with Crippen LogP contribution in [-0.2, 0) is 20.9 Å². The Morgan fingerprint density at radius 1 is 0.860 bits per heavy atom. The molecule has 2 aliphatic heterocycles. The Kier molecular flexibility index (Phi) is 6.87. The van der Waals surface area contributed by atoms with Gasteiger partial charge in [0.2, 0.25) is 17.7 Å². The molecule has 3 amide bonds. The van der Waals surface area contributed by atoms with Gasteiger partial charge in [0.05, 0.1) is 23.7 Å². The zero-order chi connectivity index (χ0) is 29.7. The first-order chi connectivity index (χ1) is 20.9. The first kappa shape index (κ1) is 27.2. The van der Waals surface area contributed by atoms with E-state index in [0.717, 1.165) is 27.7 Å². The molecule has 7 rings (SSSR count). The number of rotatable bonds is 6. The molecule has 1 N–H and O–H groups in total. The first-order valence-electron chi connectivity index (χ1n) is 13.7. The number of amides is 3. The molecule has 0 bridgehead atoms. The summed E-state index contributed by atoms with van der Waals surface area (Å²) in [7, 11) is 1.55. The lowest BCUT2D eigenvalue weighted by molar-refractivity contribution is -0.122. The Hall–Kier alpha value is -4.67. The lowest BCUT2D eigenvalue weighted by Gasteiger charge is -2.30. The normalized spacial score (nSPS) is 19.3. The quantitative estimate of drug-likeness (QED) is 0.256. The third-order valence-corrected chi connectivity index (χ3v) is 10.5. The van der Waals surface area contributed by atoms with Crippen LogP contribution in [0.4, 0.5) is 11.4 Å². The van der Waals surface area contributed by atoms with Gasteiger partial charge < -0.3 is 10.1 Å². The van der Waals surface area contributed by atoms with Crippen molar-refractivity contribution in [2.24, 2.45) is 5.92 Å². The molecule has 1 fully saturated rings. The van der Waals surface area contributed by atoms with Crippen LogP contribution < -0.4 is 19.8 Å². The Morgan fingerprint density at radius 2 is 1.58 bits per heavy atom. The molecule has 4 aromatic carbocycles. The number of thiazole rings is 1. The lowest BCUT2D eigenvalue weighted by Crippen LogP contribution is -2.33. The van der Waals surface area contributed by atoms with Crippen molar-refractivity contribution in [1.29, 1.82) is 0 Å². The third kappa shape index (κ3) is 4.63. The molecule has 5 aromatic rings. The van der Waals surface area contributed by atoms with E-state index >= 15 is 0 Å². The standard InChI is InChI=1S/C33H25N3O5S2/c1-41-22-16-14-21(15-17-22)36-30(38)27-26(20-9-3-2-4-10-20)29-32(42-28(27)31(36)39)35(33(40)43-29)18-25(37)34-24-13-7-11-19-8-5-6-12-23(19)24/h2-17,26-28H,18H2,1H3,(H,34,37)/t26-,27?,28?/m1/s1. The van der Waals surface area contributed by atoms with Gasteiger partial charge >= 0.3 is 4.87 Å². The van der Waals surface area contributed by atoms with E-state index in [2.05, 4.69) is 5.32 Å². The van der Waals surface area contributed by atoms with Gasteiger partial charge in [0.25, 0.3) is 0 Å². The maximum atomic E-state index is 14.0. The molecular weight excluding hydrogens is 583 g/mol. The van der Waals surface area contributed by atoms with Gasteiger partial charge in [-0.2, -0.15) is 0 Å². The average Bonchev–Trinajstić information content (AvgIpc) is 3.47. The van der Waals surface area contributed by atoms with Crippen LogP contribution >= 0.6 is 23.1 Å². The zero-order valence-electron chi connectivity index (χ0n) is 22.9. The molecular formula is C33H25N3O5S2. The highest BCUT2D eigenvalue weighted by Crippen LogP contribution is 2.53. The number of anilines is 2. The van der Waals surface area contributed by atoms with Gasteiger partial charge in [-0.15, -0.1) is 0 Å². The summed E-state index contributed by atoms with van der Waals surface area (Å²) in [5, 5.41) is 4.64. The molecule has 43 heavy (non-hydrogen) atoms. The van der Waals surface area contributed by atoms with E-state index in [4.69, 9.17) is 4.74 Å². The number of aromatic nitrogens is 1. The fourth-order valence-electron chi connectivity index (χ4n) is 5.93. The summed E-state index contributed by atoms with van der Waals surface area (Å²) in [6.07, 6.45) is 0. The van der Waals surface area contributed by atoms with Crippen molar-refractivity contribution in [3.8, 4) is 5.75 Å². The minimum Gasteiger partial charge on any atom is -0.497 e. The summed E-state index contributed by atoms with van der Waals surface area (Å²) in [6, 6.07) is 29.7. The van der Waals surface area contributed by atoms with Gasteiger partial charge in [-0.25, -0.2) is 4.90 Å². The molecule has 0 aliphatic carbocycles. The Morgan fingerprint density at radius 3 is 2.35 bits per heavy atom. The van der Waals surface area contributed by atoms with Crippen molar-refractivity contribution in [1.82, 2.24) is 4.57 Å². The Balaban J connectivity index is 1.26. The third-order valence-electron chi connectivity index (χ3n) is 7.90. The van der Waals surface area contributed by atoms with Crippen molar-refractivity contribution >= 4 is 63.0 Å². The maximum Gasteiger partial charge on any atom is 0.308 e.